The molecule has 0 saturated heterocycles. The minimum atomic E-state index is -0.983. The number of nitrogens with one attached hydrogen (secondary N) is 4. The smallest absolute Gasteiger partial charge is 0.253 e. The highest BCUT2D eigenvalue weighted by molar-refractivity contribution is 6.02. The Morgan fingerprint density at radius 2 is 1.97 bits per heavy atom. The van der Waals surface area contributed by atoms with E-state index in [4.69, 9.17) is 10.1 Å². The van der Waals surface area contributed by atoms with Gasteiger partial charge < -0.3 is 31.0 Å². The zero-order valence-corrected chi connectivity index (χ0v) is 21.6. The van der Waals surface area contributed by atoms with Crippen LogP contribution in [0.4, 0.5) is 21.5 Å². The van der Waals surface area contributed by atoms with Crippen molar-refractivity contribution in [2.75, 3.05) is 23.4 Å². The van der Waals surface area contributed by atoms with Crippen molar-refractivity contribution in [3.63, 3.8) is 0 Å². The first-order valence-corrected chi connectivity index (χ1v) is 12.5. The third kappa shape index (κ3) is 6.05. The number of anilines is 3. The first-order valence-electron chi connectivity index (χ1n) is 12.5. The van der Waals surface area contributed by atoms with Crippen LogP contribution in [0.25, 0.3) is 0 Å². The van der Waals surface area contributed by atoms with Gasteiger partial charge in [0.1, 0.15) is 30.3 Å². The fourth-order valence-electron chi connectivity index (χ4n) is 4.40. The second-order valence-electron chi connectivity index (χ2n) is 9.00. The van der Waals surface area contributed by atoms with E-state index in [0.29, 0.717) is 40.4 Å². The quantitative estimate of drug-likeness (QED) is 0.312. The molecular weight excluding hydrogens is 499 g/mol. The van der Waals surface area contributed by atoms with Gasteiger partial charge in [-0.3, -0.25) is 9.59 Å². The molecule has 4 N–H and O–H groups in total. The Hall–Kier alpha value is -4.75. The molecule has 4 rings (SSSR count). The Labute approximate surface area is 226 Å². The van der Waals surface area contributed by atoms with E-state index in [9.17, 15) is 19.2 Å². The highest BCUT2D eigenvalue weighted by Crippen LogP contribution is 2.34. The van der Waals surface area contributed by atoms with Crippen LogP contribution in [0.15, 0.2) is 60.7 Å². The molecule has 0 bridgehead atoms. The van der Waals surface area contributed by atoms with Crippen LogP contribution in [0.5, 0.6) is 5.75 Å². The molecule has 0 aliphatic carbocycles. The number of halogens is 1. The molecule has 0 fully saturated rings. The molecule has 1 heterocycles. The molecule has 0 aromatic heterocycles. The van der Waals surface area contributed by atoms with Crippen LogP contribution < -0.4 is 25.6 Å². The molecular formula is C29H29FN6O3. The standard InChI is InChI=1S/C29H29FN6O3/c1-3-33-18(2)28(37)35-25-17-39-27-11-7-6-10-26(27)36(29(25)38)16-20-12-21(30)13-24(22(20)15-32)34-23-9-5-4-8-19(23)14-31/h4-13,15,18,25,32-34H,3,16-17H2,1-2H3,(H,35,37)/t18-,25?/m0/s1. The third-order valence-electron chi connectivity index (χ3n) is 6.37. The maximum atomic E-state index is 14.9. The first kappa shape index (κ1) is 27.3. The van der Waals surface area contributed by atoms with E-state index in [1.807, 2.05) is 6.92 Å². The number of nitriles is 1. The van der Waals surface area contributed by atoms with Gasteiger partial charge in [-0.2, -0.15) is 5.26 Å². The lowest BCUT2D eigenvalue weighted by Crippen LogP contribution is -2.54. The second kappa shape index (κ2) is 12.2. The summed E-state index contributed by atoms with van der Waals surface area (Å²) in [7, 11) is 0. The van der Waals surface area contributed by atoms with E-state index in [0.717, 1.165) is 6.21 Å². The Balaban J connectivity index is 1.71. The molecule has 0 saturated carbocycles. The minimum absolute atomic E-state index is 0.0741. The molecule has 3 aromatic rings. The molecule has 9 nitrogen and oxygen atoms in total. The Bertz CT molecular complexity index is 1440. The van der Waals surface area contributed by atoms with E-state index < -0.39 is 23.8 Å². The number of amides is 2. The molecule has 39 heavy (non-hydrogen) atoms. The molecule has 1 aliphatic heterocycles. The molecule has 1 unspecified atom stereocenters. The van der Waals surface area contributed by atoms with Gasteiger partial charge in [-0.05, 0) is 55.4 Å². The average Bonchev–Trinajstić information content (AvgIpc) is 3.06. The largest absolute Gasteiger partial charge is 0.489 e. The van der Waals surface area contributed by atoms with Gasteiger partial charge in [0.15, 0.2) is 0 Å². The van der Waals surface area contributed by atoms with Crippen molar-refractivity contribution in [3.05, 3.63) is 83.2 Å². The fraction of sp³-hybridized carbons (Fsp3) is 0.241. The van der Waals surface area contributed by atoms with Gasteiger partial charge >= 0.3 is 0 Å². The number of fused-ring (bicyclic) bond motifs is 1. The monoisotopic (exact) mass is 528 g/mol. The maximum absolute atomic E-state index is 14.9. The Morgan fingerprint density at radius 1 is 1.23 bits per heavy atom. The van der Waals surface area contributed by atoms with Crippen molar-refractivity contribution >= 4 is 35.1 Å². The molecule has 3 aromatic carbocycles. The zero-order chi connectivity index (χ0) is 27.9. The van der Waals surface area contributed by atoms with Gasteiger partial charge in [0.2, 0.25) is 5.91 Å². The third-order valence-corrected chi connectivity index (χ3v) is 6.37. The molecule has 0 radical (unpaired) electrons. The second-order valence-corrected chi connectivity index (χ2v) is 9.00. The van der Waals surface area contributed by atoms with Gasteiger partial charge in [-0.1, -0.05) is 31.2 Å². The van der Waals surface area contributed by atoms with Crippen LogP contribution in [0.1, 0.15) is 30.5 Å². The maximum Gasteiger partial charge on any atom is 0.253 e. The summed E-state index contributed by atoms with van der Waals surface area (Å²) in [5.74, 6) is -0.917. The molecule has 200 valence electrons. The van der Waals surface area contributed by atoms with Gasteiger partial charge in [-0.15, -0.1) is 0 Å². The summed E-state index contributed by atoms with van der Waals surface area (Å²) in [5, 5.41) is 26.4. The van der Waals surface area contributed by atoms with Crippen molar-refractivity contribution in [1.82, 2.24) is 10.6 Å². The van der Waals surface area contributed by atoms with Crippen LogP contribution in [0.2, 0.25) is 0 Å². The van der Waals surface area contributed by atoms with Gasteiger partial charge in [0, 0.05) is 11.8 Å². The number of hydrogen-bond donors (Lipinski definition) is 4. The van der Waals surface area contributed by atoms with Crippen LogP contribution >= 0.6 is 0 Å². The lowest BCUT2D eigenvalue weighted by molar-refractivity contribution is -0.129. The van der Waals surface area contributed by atoms with Crippen LogP contribution in [-0.4, -0.2) is 43.3 Å². The van der Waals surface area contributed by atoms with Gasteiger partial charge in [0.25, 0.3) is 5.91 Å². The minimum Gasteiger partial charge on any atom is -0.489 e. The number of rotatable bonds is 9. The highest BCUT2D eigenvalue weighted by Gasteiger charge is 2.34. The Kier molecular flexibility index (Phi) is 8.53. The van der Waals surface area contributed by atoms with Crippen molar-refractivity contribution < 1.29 is 18.7 Å². The topological polar surface area (TPSA) is 130 Å². The normalized spacial score (nSPS) is 15.3. The summed E-state index contributed by atoms with van der Waals surface area (Å²) in [4.78, 5) is 27.9. The number of carbonyl (C=O) groups excluding carboxylic acids is 2. The van der Waals surface area contributed by atoms with Gasteiger partial charge in [-0.25, -0.2) is 4.39 Å². The summed E-state index contributed by atoms with van der Waals surface area (Å²) >= 11 is 0. The Morgan fingerprint density at radius 3 is 2.72 bits per heavy atom. The summed E-state index contributed by atoms with van der Waals surface area (Å²) in [6.07, 6.45) is 1.08. The molecule has 2 amide bonds. The summed E-state index contributed by atoms with van der Waals surface area (Å²) < 4.78 is 20.8. The number of ether oxygens (including phenoxy) is 1. The molecule has 2 atom stereocenters. The van der Waals surface area contributed by atoms with E-state index in [1.165, 1.54) is 17.0 Å². The number of carbonyl (C=O) groups is 2. The lowest BCUT2D eigenvalue weighted by atomic mass is 10.0. The number of nitrogens with zero attached hydrogens (tertiary/aromatic N) is 2. The number of benzene rings is 3. The van der Waals surface area contributed by atoms with Crippen LogP contribution in [0.3, 0.4) is 0 Å². The van der Waals surface area contributed by atoms with E-state index in [1.54, 1.807) is 55.5 Å². The average molecular weight is 529 g/mol. The summed E-state index contributed by atoms with van der Waals surface area (Å²) in [6.45, 7) is 4.00. The van der Waals surface area contributed by atoms with Crippen LogP contribution in [-0.2, 0) is 16.1 Å². The zero-order valence-electron chi connectivity index (χ0n) is 21.6. The fourth-order valence-corrected chi connectivity index (χ4v) is 4.40. The van der Waals surface area contributed by atoms with E-state index >= 15 is 0 Å². The van der Waals surface area contributed by atoms with E-state index in [-0.39, 0.29) is 24.7 Å². The summed E-state index contributed by atoms with van der Waals surface area (Å²) in [5.41, 5.74) is 2.27. The number of hydrogen-bond acceptors (Lipinski definition) is 7. The predicted molar refractivity (Wildman–Crippen MR) is 147 cm³/mol. The molecule has 0 spiro atoms. The van der Waals surface area contributed by atoms with Crippen molar-refractivity contribution in [1.29, 1.82) is 10.7 Å². The first-order chi connectivity index (χ1) is 18.9. The molecule has 1 aliphatic rings. The SMILES string of the molecule is CCN[C@@H](C)C(=O)NC1COc2ccccc2N(Cc2cc(F)cc(Nc3ccccc3C#N)c2C=N)C1=O. The van der Waals surface area contributed by atoms with Crippen LogP contribution in [0, 0.1) is 22.6 Å². The van der Waals surface area contributed by atoms with E-state index in [2.05, 4.69) is 22.0 Å². The summed E-state index contributed by atoms with van der Waals surface area (Å²) in [6, 6.07) is 16.8. The highest BCUT2D eigenvalue weighted by atomic mass is 19.1. The predicted octanol–water partition coefficient (Wildman–Crippen LogP) is 3.85. The van der Waals surface area contributed by atoms with Gasteiger partial charge in [0.05, 0.1) is 35.2 Å². The molecule has 10 heteroatoms. The number of likely N-dealkylation sites (N-methyl/N-ethyl adjacent to an activating group) is 1. The number of para-hydroxylation sites is 3. The lowest BCUT2D eigenvalue weighted by Gasteiger charge is -2.27. The van der Waals surface area contributed by atoms with Crippen molar-refractivity contribution in [2.24, 2.45) is 0 Å². The van der Waals surface area contributed by atoms with Crippen molar-refractivity contribution in [3.8, 4) is 11.8 Å². The van der Waals surface area contributed by atoms with Crippen molar-refractivity contribution in [2.45, 2.75) is 32.5 Å².